The number of anilines is 1. The van der Waals surface area contributed by atoms with Gasteiger partial charge in [-0.3, -0.25) is 10.1 Å². The maximum atomic E-state index is 12.0. The standard InChI is InChI=1S/C18H25N3O2S/c1-4-9-23-16-11-15(21(5-2)6-3)8-7-13(16)10-14-12-19-18(24)20-17(14)22/h7-8,10-11H,4-6,9,12H2,1-3H3,(H2,19,20,22,24). The summed E-state index contributed by atoms with van der Waals surface area (Å²) in [4.78, 5) is 14.3. The highest BCUT2D eigenvalue weighted by atomic mass is 32.1. The molecule has 6 heteroatoms. The van der Waals surface area contributed by atoms with Crippen molar-refractivity contribution in [1.29, 1.82) is 0 Å². The van der Waals surface area contributed by atoms with Gasteiger partial charge >= 0.3 is 0 Å². The number of hydrogen-bond donors (Lipinski definition) is 2. The summed E-state index contributed by atoms with van der Waals surface area (Å²) in [6.45, 7) is 9.29. The number of hydrogen-bond acceptors (Lipinski definition) is 4. The van der Waals surface area contributed by atoms with Crippen LogP contribution in [0.1, 0.15) is 32.8 Å². The van der Waals surface area contributed by atoms with Crippen molar-refractivity contribution in [3.63, 3.8) is 0 Å². The molecule has 1 aromatic rings. The van der Waals surface area contributed by atoms with Crippen LogP contribution in [0.3, 0.4) is 0 Å². The van der Waals surface area contributed by atoms with Crippen molar-refractivity contribution in [1.82, 2.24) is 10.6 Å². The first-order valence-electron chi connectivity index (χ1n) is 8.40. The van der Waals surface area contributed by atoms with Crippen LogP contribution < -0.4 is 20.3 Å². The van der Waals surface area contributed by atoms with E-state index in [0.717, 1.165) is 36.5 Å². The predicted molar refractivity (Wildman–Crippen MR) is 103 cm³/mol. The molecule has 1 heterocycles. The van der Waals surface area contributed by atoms with E-state index in [1.807, 2.05) is 18.2 Å². The van der Waals surface area contributed by atoms with E-state index in [4.69, 9.17) is 17.0 Å². The Kier molecular flexibility index (Phi) is 6.61. The van der Waals surface area contributed by atoms with E-state index in [-0.39, 0.29) is 5.91 Å². The largest absolute Gasteiger partial charge is 0.493 e. The number of benzene rings is 1. The van der Waals surface area contributed by atoms with Crippen molar-refractivity contribution in [3.8, 4) is 5.75 Å². The Hall–Kier alpha value is -2.08. The second-order valence-corrected chi connectivity index (χ2v) is 5.96. The molecule has 0 saturated carbocycles. The van der Waals surface area contributed by atoms with E-state index < -0.39 is 0 Å². The molecule has 0 aliphatic carbocycles. The Morgan fingerprint density at radius 1 is 1.29 bits per heavy atom. The van der Waals surface area contributed by atoms with Crippen LogP contribution in [0.25, 0.3) is 6.08 Å². The summed E-state index contributed by atoms with van der Waals surface area (Å²) in [6.07, 6.45) is 2.79. The zero-order valence-corrected chi connectivity index (χ0v) is 15.3. The van der Waals surface area contributed by atoms with Crippen molar-refractivity contribution < 1.29 is 9.53 Å². The molecule has 1 aromatic carbocycles. The fourth-order valence-electron chi connectivity index (χ4n) is 2.55. The minimum atomic E-state index is -0.159. The van der Waals surface area contributed by atoms with Gasteiger partial charge in [-0.2, -0.15) is 0 Å². The lowest BCUT2D eigenvalue weighted by Gasteiger charge is -2.23. The normalized spacial score (nSPS) is 15.9. The fraction of sp³-hybridized carbons (Fsp3) is 0.444. The Balaban J connectivity index is 2.34. The predicted octanol–water partition coefficient (Wildman–Crippen LogP) is 2.71. The van der Waals surface area contributed by atoms with Crippen molar-refractivity contribution in [2.75, 3.05) is 31.1 Å². The van der Waals surface area contributed by atoms with E-state index in [9.17, 15) is 4.79 Å². The molecule has 1 fully saturated rings. The summed E-state index contributed by atoms with van der Waals surface area (Å²) >= 11 is 4.96. The summed E-state index contributed by atoms with van der Waals surface area (Å²) in [7, 11) is 0. The van der Waals surface area contributed by atoms with Gasteiger partial charge in [-0.1, -0.05) is 6.92 Å². The molecule has 1 aliphatic rings. The number of ether oxygens (including phenoxy) is 1. The lowest BCUT2D eigenvalue weighted by atomic mass is 10.1. The summed E-state index contributed by atoms with van der Waals surface area (Å²) in [5.74, 6) is 0.641. The van der Waals surface area contributed by atoms with Crippen LogP contribution in [0.4, 0.5) is 5.69 Å². The molecular formula is C18H25N3O2S. The molecule has 1 aliphatic heterocycles. The molecule has 0 aromatic heterocycles. The van der Waals surface area contributed by atoms with Crippen molar-refractivity contribution in [2.24, 2.45) is 0 Å². The monoisotopic (exact) mass is 347 g/mol. The first-order valence-corrected chi connectivity index (χ1v) is 8.81. The van der Waals surface area contributed by atoms with Crippen LogP contribution in [0, 0.1) is 0 Å². The zero-order valence-electron chi connectivity index (χ0n) is 14.5. The maximum Gasteiger partial charge on any atom is 0.255 e. The highest BCUT2D eigenvalue weighted by molar-refractivity contribution is 7.80. The van der Waals surface area contributed by atoms with E-state index in [1.54, 1.807) is 0 Å². The fourth-order valence-corrected chi connectivity index (χ4v) is 2.72. The van der Waals surface area contributed by atoms with Crippen molar-refractivity contribution in [3.05, 3.63) is 29.3 Å². The first-order chi connectivity index (χ1) is 11.6. The minimum absolute atomic E-state index is 0.159. The number of nitrogens with zero attached hydrogens (tertiary/aromatic N) is 1. The van der Waals surface area contributed by atoms with Crippen LogP contribution in [0.15, 0.2) is 23.8 Å². The molecule has 0 spiro atoms. The van der Waals surface area contributed by atoms with Crippen LogP contribution in [0.2, 0.25) is 0 Å². The van der Waals surface area contributed by atoms with E-state index in [0.29, 0.717) is 23.8 Å². The van der Waals surface area contributed by atoms with Crippen LogP contribution in [0.5, 0.6) is 5.75 Å². The molecule has 0 atom stereocenters. The van der Waals surface area contributed by atoms with Crippen LogP contribution in [-0.2, 0) is 4.79 Å². The van der Waals surface area contributed by atoms with Gasteiger partial charge in [-0.05, 0) is 50.7 Å². The molecule has 0 bridgehead atoms. The third-order valence-electron chi connectivity index (χ3n) is 3.88. The quantitative estimate of drug-likeness (QED) is 0.587. The third kappa shape index (κ3) is 4.47. The number of thiocarbonyl (C=S) groups is 1. The van der Waals surface area contributed by atoms with E-state index >= 15 is 0 Å². The van der Waals surface area contributed by atoms with Gasteiger partial charge < -0.3 is 15.0 Å². The first kappa shape index (κ1) is 18.3. The molecule has 2 N–H and O–H groups in total. The van der Waals surface area contributed by atoms with E-state index in [1.165, 1.54) is 0 Å². The van der Waals surface area contributed by atoms with E-state index in [2.05, 4.69) is 42.4 Å². The maximum absolute atomic E-state index is 12.0. The Labute approximate surface area is 149 Å². The Morgan fingerprint density at radius 3 is 2.67 bits per heavy atom. The van der Waals surface area contributed by atoms with Crippen LogP contribution >= 0.6 is 12.2 Å². The molecule has 0 unspecified atom stereocenters. The van der Waals surface area contributed by atoms with Gasteiger partial charge in [0.2, 0.25) is 0 Å². The number of rotatable bonds is 7. The number of carbonyl (C=O) groups is 1. The molecule has 24 heavy (non-hydrogen) atoms. The van der Waals surface area contributed by atoms with Crippen molar-refractivity contribution >= 4 is 35.0 Å². The average Bonchev–Trinajstić information content (AvgIpc) is 2.58. The molecule has 130 valence electrons. The van der Waals surface area contributed by atoms with Gasteiger partial charge in [-0.25, -0.2) is 0 Å². The third-order valence-corrected chi connectivity index (χ3v) is 4.12. The second-order valence-electron chi connectivity index (χ2n) is 5.55. The number of amides is 1. The highest BCUT2D eigenvalue weighted by Crippen LogP contribution is 2.28. The highest BCUT2D eigenvalue weighted by Gasteiger charge is 2.18. The topological polar surface area (TPSA) is 53.6 Å². The molecule has 2 rings (SSSR count). The van der Waals surface area contributed by atoms with Gasteiger partial charge in [0.1, 0.15) is 5.75 Å². The minimum Gasteiger partial charge on any atom is -0.493 e. The molecule has 5 nitrogen and oxygen atoms in total. The smallest absolute Gasteiger partial charge is 0.255 e. The van der Waals surface area contributed by atoms with Crippen LogP contribution in [-0.4, -0.2) is 37.3 Å². The number of carbonyl (C=O) groups excluding carboxylic acids is 1. The average molecular weight is 347 g/mol. The molecule has 0 radical (unpaired) electrons. The Bertz CT molecular complexity index is 639. The van der Waals surface area contributed by atoms with Gasteiger partial charge in [0, 0.05) is 42.5 Å². The zero-order chi connectivity index (χ0) is 17.5. The van der Waals surface area contributed by atoms with Gasteiger partial charge in [0.05, 0.1) is 6.61 Å². The molecule has 1 amide bonds. The summed E-state index contributed by atoms with van der Waals surface area (Å²) in [5, 5.41) is 5.97. The summed E-state index contributed by atoms with van der Waals surface area (Å²) < 4.78 is 5.91. The molecule has 1 saturated heterocycles. The van der Waals surface area contributed by atoms with Gasteiger partial charge in [0.15, 0.2) is 5.11 Å². The summed E-state index contributed by atoms with van der Waals surface area (Å²) in [6, 6.07) is 6.12. The Morgan fingerprint density at radius 2 is 2.04 bits per heavy atom. The van der Waals surface area contributed by atoms with Crippen molar-refractivity contribution in [2.45, 2.75) is 27.2 Å². The molecular weight excluding hydrogens is 322 g/mol. The lowest BCUT2D eigenvalue weighted by Crippen LogP contribution is -2.47. The lowest BCUT2D eigenvalue weighted by molar-refractivity contribution is -0.116. The number of nitrogens with one attached hydrogen (secondary N) is 2. The van der Waals surface area contributed by atoms with Gasteiger partial charge in [0.25, 0.3) is 5.91 Å². The summed E-state index contributed by atoms with van der Waals surface area (Å²) in [5.41, 5.74) is 2.67. The van der Waals surface area contributed by atoms with Gasteiger partial charge in [-0.15, -0.1) is 0 Å². The second kappa shape index (κ2) is 8.68. The SMILES string of the molecule is CCCOc1cc(N(CC)CC)ccc1C=C1CNC(=S)NC1=O.